The van der Waals surface area contributed by atoms with E-state index in [-0.39, 0.29) is 0 Å². The molecule has 4 nitrogen and oxygen atoms in total. The number of rotatable bonds is 6. The van der Waals surface area contributed by atoms with Gasteiger partial charge in [0.2, 0.25) is 0 Å². The summed E-state index contributed by atoms with van der Waals surface area (Å²) in [6.45, 7) is 5.12. The molecule has 3 N–H and O–H groups in total. The number of aromatic nitrogens is 2. The number of nitrogens with zero attached hydrogens (tertiary/aromatic N) is 2. The molecule has 0 spiro atoms. The first kappa shape index (κ1) is 16.5. The summed E-state index contributed by atoms with van der Waals surface area (Å²) in [7, 11) is 0. The molecule has 2 heterocycles. The zero-order valence-electron chi connectivity index (χ0n) is 12.8. The molecule has 0 saturated carbocycles. The third kappa shape index (κ3) is 4.07. The summed E-state index contributed by atoms with van der Waals surface area (Å²) in [5.74, 6) is 3.99. The van der Waals surface area contributed by atoms with Crippen LogP contribution in [-0.2, 0) is 12.8 Å². The van der Waals surface area contributed by atoms with Crippen molar-refractivity contribution >= 4 is 34.8 Å². The minimum absolute atomic E-state index is 0.415. The number of hydrogen-bond acceptors (Lipinski definition) is 5. The highest BCUT2D eigenvalue weighted by molar-refractivity contribution is 7.99. The average Bonchev–Trinajstić information content (AvgIpc) is 2.52. The Morgan fingerprint density at radius 3 is 2.57 bits per heavy atom. The van der Waals surface area contributed by atoms with Gasteiger partial charge < -0.3 is 11.1 Å². The maximum atomic E-state index is 5.94. The predicted octanol–water partition coefficient (Wildman–Crippen LogP) is 2.79. The van der Waals surface area contributed by atoms with E-state index in [1.165, 1.54) is 24.3 Å². The fourth-order valence-corrected chi connectivity index (χ4v) is 4.18. The molecule has 1 saturated heterocycles. The summed E-state index contributed by atoms with van der Waals surface area (Å²) in [6.07, 6.45) is 4.26. The molecule has 1 aromatic rings. The number of nitrogens with two attached hydrogens (primary N) is 1. The Kier molecular flexibility index (Phi) is 6.23. The van der Waals surface area contributed by atoms with E-state index in [1.807, 2.05) is 11.8 Å². The van der Waals surface area contributed by atoms with Gasteiger partial charge in [0, 0.05) is 6.54 Å². The van der Waals surface area contributed by atoms with Gasteiger partial charge in [-0.1, -0.05) is 26.1 Å². The van der Waals surface area contributed by atoms with Crippen molar-refractivity contribution in [3.63, 3.8) is 0 Å². The Labute approximate surface area is 136 Å². The van der Waals surface area contributed by atoms with E-state index in [4.69, 9.17) is 18.0 Å². The third-order valence-electron chi connectivity index (χ3n) is 3.99. The van der Waals surface area contributed by atoms with E-state index in [0.717, 1.165) is 42.0 Å². The molecule has 1 aliphatic heterocycles. The summed E-state index contributed by atoms with van der Waals surface area (Å²) in [5.41, 5.74) is 8.98. The van der Waals surface area contributed by atoms with Gasteiger partial charge in [-0.15, -0.1) is 5.10 Å². The lowest BCUT2D eigenvalue weighted by atomic mass is 10.0. The summed E-state index contributed by atoms with van der Waals surface area (Å²) in [6, 6.07) is 0. The van der Waals surface area contributed by atoms with E-state index in [0.29, 0.717) is 10.9 Å². The lowest BCUT2D eigenvalue weighted by molar-refractivity contribution is 0.515. The van der Waals surface area contributed by atoms with E-state index in [1.54, 1.807) is 0 Å². The molecule has 0 aliphatic carbocycles. The SMILES string of the molecule is CCc1nnc(NCC2CCSCC2)c(C(N)=S)c1CC. The van der Waals surface area contributed by atoms with Crippen molar-refractivity contribution in [2.24, 2.45) is 11.7 Å². The van der Waals surface area contributed by atoms with Crippen LogP contribution in [0.3, 0.4) is 0 Å². The molecule has 1 aliphatic rings. The van der Waals surface area contributed by atoms with Crippen molar-refractivity contribution in [2.75, 3.05) is 23.4 Å². The van der Waals surface area contributed by atoms with Crippen LogP contribution in [0.25, 0.3) is 0 Å². The number of anilines is 1. The average molecular weight is 325 g/mol. The number of thioether (sulfide) groups is 1. The van der Waals surface area contributed by atoms with Gasteiger partial charge in [0.25, 0.3) is 0 Å². The second-order valence-electron chi connectivity index (χ2n) is 5.36. The van der Waals surface area contributed by atoms with Crippen molar-refractivity contribution in [1.29, 1.82) is 0 Å². The first-order chi connectivity index (χ1) is 10.2. The Morgan fingerprint density at radius 2 is 2.00 bits per heavy atom. The highest BCUT2D eigenvalue weighted by Crippen LogP contribution is 2.25. The van der Waals surface area contributed by atoms with Crippen LogP contribution in [-0.4, -0.2) is 33.2 Å². The molecule has 1 fully saturated rings. The van der Waals surface area contributed by atoms with Crippen molar-refractivity contribution < 1.29 is 0 Å². The van der Waals surface area contributed by atoms with Crippen molar-refractivity contribution in [3.8, 4) is 0 Å². The van der Waals surface area contributed by atoms with Crippen LogP contribution in [0.15, 0.2) is 0 Å². The number of nitrogens with one attached hydrogen (secondary N) is 1. The maximum absolute atomic E-state index is 5.94. The molecular weight excluding hydrogens is 300 g/mol. The second kappa shape index (κ2) is 7.94. The topological polar surface area (TPSA) is 63.8 Å². The first-order valence-electron chi connectivity index (χ1n) is 7.67. The number of aryl methyl sites for hydroxylation is 1. The van der Waals surface area contributed by atoms with Crippen LogP contribution in [0.4, 0.5) is 5.82 Å². The molecule has 0 unspecified atom stereocenters. The highest BCUT2D eigenvalue weighted by Gasteiger charge is 2.18. The number of thiocarbonyl (C=S) groups is 1. The molecular formula is C15H24N4S2. The van der Waals surface area contributed by atoms with Crippen LogP contribution in [0.2, 0.25) is 0 Å². The first-order valence-corrected chi connectivity index (χ1v) is 9.23. The fraction of sp³-hybridized carbons (Fsp3) is 0.667. The molecule has 116 valence electrons. The lowest BCUT2D eigenvalue weighted by Gasteiger charge is -2.23. The predicted molar refractivity (Wildman–Crippen MR) is 95.2 cm³/mol. The van der Waals surface area contributed by atoms with Gasteiger partial charge in [-0.3, -0.25) is 0 Å². The zero-order chi connectivity index (χ0) is 15.2. The van der Waals surface area contributed by atoms with Crippen LogP contribution < -0.4 is 11.1 Å². The largest absolute Gasteiger partial charge is 0.389 e. The summed E-state index contributed by atoms with van der Waals surface area (Å²) in [5, 5.41) is 12.1. The molecule has 6 heteroatoms. The minimum Gasteiger partial charge on any atom is -0.389 e. The maximum Gasteiger partial charge on any atom is 0.159 e. The van der Waals surface area contributed by atoms with Crippen LogP contribution in [0.1, 0.15) is 43.5 Å². The third-order valence-corrected chi connectivity index (χ3v) is 5.24. The molecule has 21 heavy (non-hydrogen) atoms. The molecule has 0 aromatic carbocycles. The van der Waals surface area contributed by atoms with Crippen LogP contribution >= 0.6 is 24.0 Å². The Morgan fingerprint density at radius 1 is 1.29 bits per heavy atom. The second-order valence-corrected chi connectivity index (χ2v) is 7.02. The van der Waals surface area contributed by atoms with Crippen LogP contribution in [0.5, 0.6) is 0 Å². The van der Waals surface area contributed by atoms with E-state index < -0.39 is 0 Å². The number of hydrogen-bond donors (Lipinski definition) is 2. The molecule has 0 amide bonds. The fourth-order valence-electron chi connectivity index (χ4n) is 2.75. The molecule has 2 rings (SSSR count). The van der Waals surface area contributed by atoms with Gasteiger partial charge in [0.05, 0.1) is 11.3 Å². The van der Waals surface area contributed by atoms with Gasteiger partial charge in [-0.2, -0.15) is 16.9 Å². The van der Waals surface area contributed by atoms with Crippen molar-refractivity contribution in [1.82, 2.24) is 10.2 Å². The summed E-state index contributed by atoms with van der Waals surface area (Å²) >= 11 is 7.29. The molecule has 0 bridgehead atoms. The summed E-state index contributed by atoms with van der Waals surface area (Å²) in [4.78, 5) is 0.415. The van der Waals surface area contributed by atoms with E-state index in [9.17, 15) is 0 Å². The van der Waals surface area contributed by atoms with Gasteiger partial charge in [0.1, 0.15) is 4.99 Å². The van der Waals surface area contributed by atoms with Gasteiger partial charge in [-0.25, -0.2) is 0 Å². The molecule has 1 aromatic heterocycles. The van der Waals surface area contributed by atoms with Gasteiger partial charge >= 0.3 is 0 Å². The monoisotopic (exact) mass is 324 g/mol. The Hall–Kier alpha value is -0.880. The Bertz CT molecular complexity index is 499. The van der Waals surface area contributed by atoms with Crippen molar-refractivity contribution in [3.05, 3.63) is 16.8 Å². The van der Waals surface area contributed by atoms with Gasteiger partial charge in [0.15, 0.2) is 5.82 Å². The van der Waals surface area contributed by atoms with Gasteiger partial charge in [-0.05, 0) is 48.7 Å². The van der Waals surface area contributed by atoms with E-state index >= 15 is 0 Å². The Balaban J connectivity index is 2.19. The molecule has 0 radical (unpaired) electrons. The minimum atomic E-state index is 0.415. The molecule has 0 atom stereocenters. The van der Waals surface area contributed by atoms with Crippen LogP contribution in [0, 0.1) is 5.92 Å². The normalized spacial score (nSPS) is 15.9. The zero-order valence-corrected chi connectivity index (χ0v) is 14.4. The standard InChI is InChI=1S/C15H24N4S2/c1-3-11-12(4-2)18-19-15(13(11)14(16)20)17-9-10-5-7-21-8-6-10/h10H,3-9H2,1-2H3,(H2,16,20)(H,17,19). The summed E-state index contributed by atoms with van der Waals surface area (Å²) < 4.78 is 0. The van der Waals surface area contributed by atoms with E-state index in [2.05, 4.69) is 29.4 Å². The van der Waals surface area contributed by atoms with Crippen molar-refractivity contribution in [2.45, 2.75) is 39.5 Å². The quantitative estimate of drug-likeness (QED) is 0.785. The smallest absolute Gasteiger partial charge is 0.159 e. The lowest BCUT2D eigenvalue weighted by Crippen LogP contribution is -2.24. The highest BCUT2D eigenvalue weighted by atomic mass is 32.2.